The minimum Gasteiger partial charge on any atom is -0.335 e. The first-order valence-corrected chi connectivity index (χ1v) is 4.27. The van der Waals surface area contributed by atoms with Gasteiger partial charge in [-0.25, -0.2) is 0 Å². The second-order valence-electron chi connectivity index (χ2n) is 3.48. The van der Waals surface area contributed by atoms with Gasteiger partial charge >= 0.3 is 5.92 Å². The van der Waals surface area contributed by atoms with E-state index in [0.717, 1.165) is 0 Å². The maximum Gasteiger partial charge on any atom is 0.322 e. The Hall–Kier alpha value is -0.710. The molecule has 1 heterocycles. The molecule has 0 aromatic rings. The fourth-order valence-corrected chi connectivity index (χ4v) is 1.29. The number of carbonyl (C=O) groups excluding carboxylic acids is 1. The molecule has 0 atom stereocenters. The fraction of sp³-hybridized carbons (Fsp3) is 0.875. The third-order valence-electron chi connectivity index (χ3n) is 2.17. The molecule has 0 spiro atoms. The summed E-state index contributed by atoms with van der Waals surface area (Å²) >= 11 is 0. The minimum absolute atomic E-state index is 0.402. The summed E-state index contributed by atoms with van der Waals surface area (Å²) < 4.78 is 25.2. The van der Waals surface area contributed by atoms with E-state index in [1.165, 1.54) is 4.90 Å². The molecule has 1 aliphatic rings. The van der Waals surface area contributed by atoms with Crippen molar-refractivity contribution in [3.8, 4) is 0 Å². The van der Waals surface area contributed by atoms with Crippen LogP contribution in [0.2, 0.25) is 0 Å². The first-order valence-electron chi connectivity index (χ1n) is 4.27. The zero-order chi connectivity index (χ0) is 10.1. The highest BCUT2D eigenvalue weighted by molar-refractivity contribution is 5.83. The van der Waals surface area contributed by atoms with Crippen LogP contribution in [0, 0.1) is 0 Å². The van der Waals surface area contributed by atoms with Gasteiger partial charge in [-0.15, -0.1) is 0 Å². The quantitative estimate of drug-likeness (QED) is 0.601. The lowest BCUT2D eigenvalue weighted by atomic mass is 10.2. The SMILES string of the molecule is CN1CCN(C(=O)C(C)(F)F)CC1. The smallest absolute Gasteiger partial charge is 0.322 e. The van der Waals surface area contributed by atoms with Crippen molar-refractivity contribution in [2.75, 3.05) is 33.2 Å². The molecule has 0 saturated carbocycles. The number of hydrogen-bond acceptors (Lipinski definition) is 2. The second-order valence-corrected chi connectivity index (χ2v) is 3.48. The molecule has 0 radical (unpaired) electrons. The van der Waals surface area contributed by atoms with Crippen LogP contribution in [0.4, 0.5) is 8.78 Å². The molecule has 1 fully saturated rings. The lowest BCUT2D eigenvalue weighted by Gasteiger charge is -2.33. The van der Waals surface area contributed by atoms with Gasteiger partial charge in [0.05, 0.1) is 0 Å². The molecule has 1 amide bonds. The molecule has 0 bridgehead atoms. The van der Waals surface area contributed by atoms with Crippen LogP contribution in [-0.2, 0) is 4.79 Å². The summed E-state index contributed by atoms with van der Waals surface area (Å²) in [6.45, 7) is 2.79. The highest BCUT2D eigenvalue weighted by Gasteiger charge is 2.37. The molecule has 0 aliphatic carbocycles. The molecule has 5 heteroatoms. The van der Waals surface area contributed by atoms with Crippen molar-refractivity contribution in [2.45, 2.75) is 12.8 Å². The number of carbonyl (C=O) groups is 1. The molecule has 1 saturated heterocycles. The number of alkyl halides is 2. The molecule has 13 heavy (non-hydrogen) atoms. The van der Waals surface area contributed by atoms with E-state index in [2.05, 4.69) is 0 Å². The Morgan fingerprint density at radius 1 is 1.23 bits per heavy atom. The van der Waals surface area contributed by atoms with Crippen molar-refractivity contribution in [3.05, 3.63) is 0 Å². The van der Waals surface area contributed by atoms with Crippen LogP contribution in [0.1, 0.15) is 6.92 Å². The van der Waals surface area contributed by atoms with E-state index in [9.17, 15) is 13.6 Å². The van der Waals surface area contributed by atoms with Crippen molar-refractivity contribution in [1.82, 2.24) is 9.80 Å². The third-order valence-corrected chi connectivity index (χ3v) is 2.17. The van der Waals surface area contributed by atoms with Gasteiger partial charge in [0, 0.05) is 33.1 Å². The number of rotatable bonds is 1. The molecule has 0 aromatic carbocycles. The van der Waals surface area contributed by atoms with E-state index in [-0.39, 0.29) is 0 Å². The molecule has 3 nitrogen and oxygen atoms in total. The monoisotopic (exact) mass is 192 g/mol. The van der Waals surface area contributed by atoms with Gasteiger partial charge in [0.2, 0.25) is 0 Å². The first kappa shape index (κ1) is 10.4. The highest BCUT2D eigenvalue weighted by Crippen LogP contribution is 2.16. The van der Waals surface area contributed by atoms with E-state index < -0.39 is 11.8 Å². The summed E-state index contributed by atoms with van der Waals surface area (Å²) in [7, 11) is 1.91. The number of likely N-dealkylation sites (N-methyl/N-ethyl adjacent to an activating group) is 1. The Balaban J connectivity index is 2.50. The van der Waals surface area contributed by atoms with Crippen molar-refractivity contribution >= 4 is 5.91 Å². The Kier molecular flexibility index (Phi) is 2.85. The number of amides is 1. The predicted octanol–water partition coefficient (Wildman–Crippen LogP) is 0.416. The zero-order valence-electron chi connectivity index (χ0n) is 7.89. The maximum absolute atomic E-state index is 12.6. The van der Waals surface area contributed by atoms with Gasteiger partial charge in [-0.1, -0.05) is 0 Å². The Morgan fingerprint density at radius 3 is 2.08 bits per heavy atom. The van der Waals surface area contributed by atoms with Gasteiger partial charge in [-0.3, -0.25) is 4.79 Å². The van der Waals surface area contributed by atoms with Gasteiger partial charge < -0.3 is 9.80 Å². The van der Waals surface area contributed by atoms with E-state index in [1.807, 2.05) is 11.9 Å². The number of hydrogen-bond donors (Lipinski definition) is 0. The van der Waals surface area contributed by atoms with Gasteiger partial charge in [-0.2, -0.15) is 8.78 Å². The minimum atomic E-state index is -3.23. The first-order chi connectivity index (χ1) is 5.91. The van der Waals surface area contributed by atoms with Crippen LogP contribution in [-0.4, -0.2) is 54.9 Å². The number of nitrogens with zero attached hydrogens (tertiary/aromatic N) is 2. The third kappa shape index (κ3) is 2.62. The second kappa shape index (κ2) is 3.57. The summed E-state index contributed by atoms with van der Waals surface area (Å²) in [6, 6.07) is 0. The van der Waals surface area contributed by atoms with Crippen molar-refractivity contribution in [1.29, 1.82) is 0 Å². The van der Waals surface area contributed by atoms with Crippen molar-refractivity contribution in [2.24, 2.45) is 0 Å². The molecule has 0 aromatic heterocycles. The van der Waals surface area contributed by atoms with Crippen molar-refractivity contribution < 1.29 is 13.6 Å². The molecule has 76 valence electrons. The number of piperazine rings is 1. The van der Waals surface area contributed by atoms with Gasteiger partial charge in [-0.05, 0) is 7.05 Å². The summed E-state index contributed by atoms with van der Waals surface area (Å²) in [5.41, 5.74) is 0. The van der Waals surface area contributed by atoms with Crippen LogP contribution < -0.4 is 0 Å². The Bertz CT molecular complexity index is 195. The predicted molar refractivity (Wildman–Crippen MR) is 44.7 cm³/mol. The average Bonchev–Trinajstić information content (AvgIpc) is 2.03. The van der Waals surface area contributed by atoms with Crippen LogP contribution >= 0.6 is 0 Å². The Morgan fingerprint density at radius 2 is 1.69 bits per heavy atom. The summed E-state index contributed by atoms with van der Waals surface area (Å²) in [5.74, 6) is -4.28. The van der Waals surface area contributed by atoms with E-state index in [0.29, 0.717) is 33.1 Å². The van der Waals surface area contributed by atoms with Gasteiger partial charge in [0.1, 0.15) is 0 Å². The standard InChI is InChI=1S/C8H14F2N2O/c1-8(9,10)7(13)12-5-3-11(2)4-6-12/h3-6H2,1-2H3. The van der Waals surface area contributed by atoms with Crippen LogP contribution in [0.15, 0.2) is 0 Å². The summed E-state index contributed by atoms with van der Waals surface area (Å²) in [4.78, 5) is 14.3. The highest BCUT2D eigenvalue weighted by atomic mass is 19.3. The Labute approximate surface area is 76.3 Å². The fourth-order valence-electron chi connectivity index (χ4n) is 1.29. The van der Waals surface area contributed by atoms with Crippen LogP contribution in [0.5, 0.6) is 0 Å². The largest absolute Gasteiger partial charge is 0.335 e. The zero-order valence-corrected chi connectivity index (χ0v) is 7.89. The lowest BCUT2D eigenvalue weighted by molar-refractivity contribution is -0.156. The van der Waals surface area contributed by atoms with Crippen LogP contribution in [0.25, 0.3) is 0 Å². The van der Waals surface area contributed by atoms with E-state index in [1.54, 1.807) is 0 Å². The normalized spacial score (nSPS) is 20.5. The summed E-state index contributed by atoms with van der Waals surface area (Å²) in [6.07, 6.45) is 0. The lowest BCUT2D eigenvalue weighted by Crippen LogP contribution is -2.51. The maximum atomic E-state index is 12.6. The van der Waals surface area contributed by atoms with Crippen molar-refractivity contribution in [3.63, 3.8) is 0 Å². The van der Waals surface area contributed by atoms with Gasteiger partial charge in [0.25, 0.3) is 5.91 Å². The molecular weight excluding hydrogens is 178 g/mol. The molecule has 1 aliphatic heterocycles. The summed E-state index contributed by atoms with van der Waals surface area (Å²) in [5, 5.41) is 0. The molecular formula is C8H14F2N2O. The van der Waals surface area contributed by atoms with Crippen LogP contribution in [0.3, 0.4) is 0 Å². The van der Waals surface area contributed by atoms with E-state index in [4.69, 9.17) is 0 Å². The van der Waals surface area contributed by atoms with Gasteiger partial charge in [0.15, 0.2) is 0 Å². The molecule has 0 unspecified atom stereocenters. The molecule has 1 rings (SSSR count). The average molecular weight is 192 g/mol. The molecule has 0 N–H and O–H groups in total. The van der Waals surface area contributed by atoms with E-state index >= 15 is 0 Å². The number of halogens is 2. The topological polar surface area (TPSA) is 23.6 Å².